The molecule has 0 radical (unpaired) electrons. The number of nitrogens with zero attached hydrogens (tertiary/aromatic N) is 1. The lowest BCUT2D eigenvalue weighted by Gasteiger charge is -2.35. The molecular weight excluding hydrogens is 513 g/mol. The number of aliphatic hydroxyl groups excluding tert-OH is 1. The number of hydrogen-bond donors (Lipinski definition) is 2. The van der Waals surface area contributed by atoms with Gasteiger partial charge in [-0.2, -0.15) is 0 Å². The highest BCUT2D eigenvalue weighted by molar-refractivity contribution is 7.47. The molecule has 0 saturated heterocycles. The average Bonchev–Trinajstić information content (AvgIpc) is 3.36. The van der Waals surface area contributed by atoms with Crippen LogP contribution in [0.25, 0.3) is 11.1 Å². The van der Waals surface area contributed by atoms with Gasteiger partial charge in [0.25, 0.3) is 0 Å². The number of likely N-dealkylation sites (N-methyl/N-ethyl adjacent to an activating group) is 1. The van der Waals surface area contributed by atoms with Crippen LogP contribution >= 0.6 is 7.82 Å². The van der Waals surface area contributed by atoms with E-state index in [0.29, 0.717) is 43.1 Å². The van der Waals surface area contributed by atoms with Crippen LogP contribution in [0.3, 0.4) is 0 Å². The molecule has 0 bridgehead atoms. The molecule has 1 fully saturated rings. The van der Waals surface area contributed by atoms with Crippen LogP contribution < -0.4 is 0 Å². The second-order valence-electron chi connectivity index (χ2n) is 11.6. The van der Waals surface area contributed by atoms with Crippen LogP contribution in [-0.2, 0) is 18.4 Å². The lowest BCUT2D eigenvalue weighted by atomic mass is 9.66. The van der Waals surface area contributed by atoms with Crippen LogP contribution in [-0.4, -0.2) is 67.3 Å². The van der Waals surface area contributed by atoms with Gasteiger partial charge in [-0.1, -0.05) is 67.2 Å². The monoisotopic (exact) mass is 554 g/mol. The molecule has 2 aliphatic carbocycles. The molecule has 1 saturated carbocycles. The van der Waals surface area contributed by atoms with E-state index < -0.39 is 25.3 Å². The number of hydrogen-bond acceptors (Lipinski definition) is 5. The number of allylic oxidation sites excluding steroid dienone is 2. The number of benzene rings is 2. The van der Waals surface area contributed by atoms with Crippen molar-refractivity contribution in [2.24, 2.45) is 11.3 Å². The van der Waals surface area contributed by atoms with Crippen molar-refractivity contribution in [1.29, 1.82) is 0 Å². The van der Waals surface area contributed by atoms with Gasteiger partial charge in [-0.05, 0) is 53.5 Å². The summed E-state index contributed by atoms with van der Waals surface area (Å²) in [5.41, 5.74) is 3.99. The van der Waals surface area contributed by atoms with Gasteiger partial charge < -0.3 is 14.5 Å². The number of phosphoric ester groups is 1. The first kappa shape index (κ1) is 29.6. The van der Waals surface area contributed by atoms with Crippen molar-refractivity contribution in [1.82, 2.24) is 0 Å². The standard InChI is InChI=1S/C31H40NO6P/c1-23(24-13-7-5-8-14-24)31-19-18-27(33)29(31)30(34)26(28(31)25-15-9-6-10-16-25)17-11-12-21-37-39(35,36)38-22-20-32(2,3)4/h5-10,13-16,29-30,34H,1,11-12,17-22H2,2-4H3/p+1. The summed E-state index contributed by atoms with van der Waals surface area (Å²) in [6, 6.07) is 19.9. The summed E-state index contributed by atoms with van der Waals surface area (Å²) < 4.78 is 23.1. The number of ketones is 1. The number of carbonyl (C=O) groups is 1. The lowest BCUT2D eigenvalue weighted by molar-refractivity contribution is -0.870. The fraction of sp³-hybridized carbons (Fsp3) is 0.452. The predicted molar refractivity (Wildman–Crippen MR) is 153 cm³/mol. The van der Waals surface area contributed by atoms with Crippen molar-refractivity contribution in [3.63, 3.8) is 0 Å². The van der Waals surface area contributed by atoms with Crippen LogP contribution in [0, 0.1) is 11.3 Å². The summed E-state index contributed by atoms with van der Waals surface area (Å²) >= 11 is 0. The maximum atomic E-state index is 13.2. The first-order valence-corrected chi connectivity index (χ1v) is 15.1. The van der Waals surface area contributed by atoms with Crippen LogP contribution in [0.1, 0.15) is 43.2 Å². The molecule has 4 unspecified atom stereocenters. The van der Waals surface area contributed by atoms with Crippen molar-refractivity contribution >= 4 is 24.8 Å². The normalized spacial score (nSPS) is 24.6. The predicted octanol–water partition coefficient (Wildman–Crippen LogP) is 5.50. The Morgan fingerprint density at radius 3 is 2.28 bits per heavy atom. The van der Waals surface area contributed by atoms with Gasteiger partial charge in [-0.15, -0.1) is 0 Å². The zero-order valence-electron chi connectivity index (χ0n) is 23.2. The maximum Gasteiger partial charge on any atom is 0.472 e. The van der Waals surface area contributed by atoms with Crippen molar-refractivity contribution in [3.05, 3.63) is 83.9 Å². The SMILES string of the molecule is C=C(c1ccccc1)C12CCC(=O)C1C(O)C(CCCCOP(=O)(O)OCC[N+](C)(C)C)=C2c1ccccc1. The quantitative estimate of drug-likeness (QED) is 0.193. The zero-order valence-corrected chi connectivity index (χ0v) is 24.1. The number of aliphatic hydroxyl groups is 1. The number of fused-ring (bicyclic) bond motifs is 1. The number of unbranched alkanes of at least 4 members (excludes halogenated alkanes) is 1. The van der Waals surface area contributed by atoms with Crippen molar-refractivity contribution in [3.8, 4) is 0 Å². The smallest absolute Gasteiger partial charge is 0.388 e. The van der Waals surface area contributed by atoms with E-state index in [1.165, 1.54) is 0 Å². The largest absolute Gasteiger partial charge is 0.472 e. The van der Waals surface area contributed by atoms with E-state index in [2.05, 4.69) is 6.58 Å². The number of quaternary nitrogens is 1. The van der Waals surface area contributed by atoms with Gasteiger partial charge in [0.2, 0.25) is 0 Å². The highest BCUT2D eigenvalue weighted by Crippen LogP contribution is 2.65. The molecule has 2 N–H and O–H groups in total. The number of phosphoric acid groups is 1. The first-order chi connectivity index (χ1) is 18.5. The minimum atomic E-state index is -4.13. The average molecular weight is 555 g/mol. The zero-order chi connectivity index (χ0) is 28.3. The van der Waals surface area contributed by atoms with Gasteiger partial charge in [0.1, 0.15) is 18.9 Å². The van der Waals surface area contributed by atoms with E-state index in [0.717, 1.165) is 27.8 Å². The van der Waals surface area contributed by atoms with Crippen molar-refractivity contribution in [2.75, 3.05) is 40.9 Å². The summed E-state index contributed by atoms with van der Waals surface area (Å²) in [6.45, 7) is 5.27. The van der Waals surface area contributed by atoms with Gasteiger partial charge in [0, 0.05) is 11.8 Å². The molecule has 0 aromatic heterocycles. The van der Waals surface area contributed by atoms with Crippen molar-refractivity contribution in [2.45, 2.75) is 38.2 Å². The third-order valence-corrected chi connectivity index (χ3v) is 8.94. The molecule has 7 nitrogen and oxygen atoms in total. The summed E-state index contributed by atoms with van der Waals surface area (Å²) in [4.78, 5) is 23.2. The molecule has 4 atom stereocenters. The Bertz CT molecular complexity index is 1250. The Morgan fingerprint density at radius 1 is 1.03 bits per heavy atom. The minimum absolute atomic E-state index is 0.0619. The van der Waals surface area contributed by atoms with Crippen molar-refractivity contribution < 1.29 is 32.9 Å². The molecule has 0 amide bonds. The van der Waals surface area contributed by atoms with Gasteiger partial charge in [-0.3, -0.25) is 13.8 Å². The number of rotatable bonds is 13. The molecule has 2 aliphatic rings. The van der Waals surface area contributed by atoms with E-state index in [1.807, 2.05) is 81.8 Å². The minimum Gasteiger partial charge on any atom is -0.388 e. The van der Waals surface area contributed by atoms with Crippen LogP contribution in [0.2, 0.25) is 0 Å². The first-order valence-electron chi connectivity index (χ1n) is 13.6. The highest BCUT2D eigenvalue weighted by atomic mass is 31.2. The fourth-order valence-corrected chi connectivity index (χ4v) is 6.79. The third kappa shape index (κ3) is 6.51. The van der Waals surface area contributed by atoms with Gasteiger partial charge in [0.05, 0.1) is 39.8 Å². The van der Waals surface area contributed by atoms with E-state index in [4.69, 9.17) is 9.05 Å². The van der Waals surface area contributed by atoms with Gasteiger partial charge in [0.15, 0.2) is 0 Å². The second kappa shape index (κ2) is 12.0. The Kier molecular flexibility index (Phi) is 9.12. The Labute approximate surface area is 232 Å². The topological polar surface area (TPSA) is 93.1 Å². The summed E-state index contributed by atoms with van der Waals surface area (Å²) in [6.07, 6.45) is 1.78. The molecular formula is C31H41NO6P+. The van der Waals surface area contributed by atoms with E-state index in [-0.39, 0.29) is 19.0 Å². The van der Waals surface area contributed by atoms with Gasteiger partial charge >= 0.3 is 7.82 Å². The van der Waals surface area contributed by atoms with Crippen LogP contribution in [0.4, 0.5) is 0 Å². The molecule has 0 heterocycles. The molecule has 0 aliphatic heterocycles. The van der Waals surface area contributed by atoms with E-state index in [1.54, 1.807) is 0 Å². The molecule has 4 rings (SSSR count). The molecule has 8 heteroatoms. The fourth-order valence-electron chi connectivity index (χ4n) is 6.04. The Balaban J connectivity index is 1.54. The molecule has 210 valence electrons. The second-order valence-corrected chi connectivity index (χ2v) is 13.0. The van der Waals surface area contributed by atoms with Crippen LogP contribution in [0.15, 0.2) is 72.8 Å². The van der Waals surface area contributed by atoms with E-state index in [9.17, 15) is 19.4 Å². The number of carbonyl (C=O) groups excluding carboxylic acids is 1. The van der Waals surface area contributed by atoms with E-state index >= 15 is 0 Å². The highest BCUT2D eigenvalue weighted by Gasteiger charge is 2.60. The Hall–Kier alpha value is -2.38. The third-order valence-electron chi connectivity index (χ3n) is 7.92. The summed E-state index contributed by atoms with van der Waals surface area (Å²) in [5, 5.41) is 11.6. The molecule has 0 spiro atoms. The molecule has 2 aromatic rings. The molecule has 2 aromatic carbocycles. The molecule has 39 heavy (non-hydrogen) atoms. The number of Topliss-reactive ketones (excluding diaryl/α,β-unsaturated/α-hetero) is 1. The maximum absolute atomic E-state index is 13.2. The summed E-state index contributed by atoms with van der Waals surface area (Å²) in [7, 11) is 1.80. The Morgan fingerprint density at radius 2 is 1.64 bits per heavy atom. The van der Waals surface area contributed by atoms with Gasteiger partial charge in [-0.25, -0.2) is 4.57 Å². The lowest BCUT2D eigenvalue weighted by Crippen LogP contribution is -2.37. The summed E-state index contributed by atoms with van der Waals surface area (Å²) in [5.74, 6) is -0.502. The van der Waals surface area contributed by atoms with Crippen LogP contribution in [0.5, 0.6) is 0 Å².